The minimum Gasteiger partial charge on any atom is -0.234 e. The Kier molecular flexibility index (Phi) is 2.86. The minimum absolute atomic E-state index is 1.03. The van der Waals surface area contributed by atoms with E-state index in [4.69, 9.17) is 0 Å². The van der Waals surface area contributed by atoms with Gasteiger partial charge in [-0.1, -0.05) is 25.1 Å². The Bertz CT molecular complexity index is 429. The van der Waals surface area contributed by atoms with E-state index in [0.29, 0.717) is 0 Å². The quantitative estimate of drug-likeness (QED) is 0.674. The molecule has 0 radical (unpaired) electrons. The van der Waals surface area contributed by atoms with Gasteiger partial charge in [0, 0.05) is 6.42 Å². The number of hydrogen-bond acceptors (Lipinski definition) is 0. The molecule has 1 heterocycles. The molecule has 0 saturated carbocycles. The number of hydrogen-bond donors (Lipinski definition) is 0. The molecule has 0 fully saturated rings. The van der Waals surface area contributed by atoms with Crippen molar-refractivity contribution in [1.29, 1.82) is 0 Å². The molecule has 0 aliphatic rings. The molecule has 78 valence electrons. The van der Waals surface area contributed by atoms with Crippen molar-refractivity contribution in [3.05, 3.63) is 48.5 Å². The van der Waals surface area contributed by atoms with Gasteiger partial charge < -0.3 is 0 Å². The van der Waals surface area contributed by atoms with Gasteiger partial charge in [-0.2, -0.15) is 4.57 Å². The summed E-state index contributed by atoms with van der Waals surface area (Å²) in [6.07, 6.45) is 5.33. The van der Waals surface area contributed by atoms with Crippen molar-refractivity contribution in [1.82, 2.24) is 4.57 Å². The fourth-order valence-corrected chi connectivity index (χ4v) is 1.94. The first kappa shape index (κ1) is 9.97. The van der Waals surface area contributed by atoms with Crippen molar-refractivity contribution < 1.29 is 4.57 Å². The van der Waals surface area contributed by atoms with E-state index in [-0.39, 0.29) is 0 Å². The Morgan fingerprint density at radius 3 is 2.47 bits per heavy atom. The van der Waals surface area contributed by atoms with E-state index in [0.717, 1.165) is 13.0 Å². The maximum absolute atomic E-state index is 2.28. The average Bonchev–Trinajstić information content (AvgIpc) is 2.72. The Balaban J connectivity index is 2.49. The van der Waals surface area contributed by atoms with Crippen LogP contribution in [-0.2, 0) is 13.0 Å². The number of para-hydroxylation sites is 1. The standard InChI is InChI=1S/C13H17N2/c1-3-13-14(4-2)10-11-15(13)12-8-6-5-7-9-12/h5-11H,3-4H2,1-2H3/q+1. The largest absolute Gasteiger partial charge is 0.261 e. The summed E-state index contributed by atoms with van der Waals surface area (Å²) in [6, 6.07) is 10.5. The molecule has 15 heavy (non-hydrogen) atoms. The van der Waals surface area contributed by atoms with Crippen LogP contribution < -0.4 is 4.57 Å². The summed E-state index contributed by atoms with van der Waals surface area (Å²) >= 11 is 0. The van der Waals surface area contributed by atoms with Crippen molar-refractivity contribution >= 4 is 0 Å². The van der Waals surface area contributed by atoms with Crippen LogP contribution in [0.3, 0.4) is 0 Å². The molecule has 0 saturated heterocycles. The molecule has 2 nitrogen and oxygen atoms in total. The van der Waals surface area contributed by atoms with Gasteiger partial charge in [-0.25, -0.2) is 4.57 Å². The van der Waals surface area contributed by atoms with E-state index in [1.807, 2.05) is 6.07 Å². The van der Waals surface area contributed by atoms with Gasteiger partial charge in [0.2, 0.25) is 0 Å². The molecule has 0 unspecified atom stereocenters. The third-order valence-corrected chi connectivity index (χ3v) is 2.70. The van der Waals surface area contributed by atoms with Crippen LogP contribution in [0.4, 0.5) is 0 Å². The zero-order valence-corrected chi connectivity index (χ0v) is 9.35. The van der Waals surface area contributed by atoms with Crippen LogP contribution in [0.5, 0.6) is 0 Å². The van der Waals surface area contributed by atoms with Crippen LogP contribution in [0.2, 0.25) is 0 Å². The second-order valence-electron chi connectivity index (χ2n) is 3.56. The summed E-state index contributed by atoms with van der Waals surface area (Å²) < 4.78 is 4.54. The summed E-state index contributed by atoms with van der Waals surface area (Å²) in [4.78, 5) is 0. The molecule has 0 aliphatic carbocycles. The van der Waals surface area contributed by atoms with E-state index < -0.39 is 0 Å². The first-order chi connectivity index (χ1) is 7.36. The van der Waals surface area contributed by atoms with Gasteiger partial charge in [0.15, 0.2) is 0 Å². The molecule has 0 amide bonds. The van der Waals surface area contributed by atoms with Gasteiger partial charge in [0.1, 0.15) is 18.1 Å². The van der Waals surface area contributed by atoms with Crippen LogP contribution >= 0.6 is 0 Å². The highest BCUT2D eigenvalue weighted by Gasteiger charge is 2.14. The third-order valence-electron chi connectivity index (χ3n) is 2.70. The summed E-state index contributed by atoms with van der Waals surface area (Å²) in [6.45, 7) is 5.40. The first-order valence-electron chi connectivity index (χ1n) is 5.52. The monoisotopic (exact) mass is 201 g/mol. The predicted octanol–water partition coefficient (Wildman–Crippen LogP) is 2.35. The number of imidazole rings is 1. The average molecular weight is 201 g/mol. The van der Waals surface area contributed by atoms with Crippen LogP contribution in [-0.4, -0.2) is 4.57 Å². The van der Waals surface area contributed by atoms with Crippen molar-refractivity contribution in [2.24, 2.45) is 0 Å². The van der Waals surface area contributed by atoms with Crippen molar-refractivity contribution in [2.45, 2.75) is 26.8 Å². The molecule has 0 bridgehead atoms. The highest BCUT2D eigenvalue weighted by atomic mass is 15.1. The Morgan fingerprint density at radius 1 is 1.13 bits per heavy atom. The summed E-state index contributed by atoms with van der Waals surface area (Å²) in [7, 11) is 0. The molecule has 2 rings (SSSR count). The van der Waals surface area contributed by atoms with Gasteiger partial charge in [0.05, 0.1) is 6.54 Å². The van der Waals surface area contributed by atoms with E-state index in [1.165, 1.54) is 11.5 Å². The molecule has 1 aromatic carbocycles. The maximum Gasteiger partial charge on any atom is 0.261 e. The fourth-order valence-electron chi connectivity index (χ4n) is 1.94. The predicted molar refractivity (Wildman–Crippen MR) is 61.0 cm³/mol. The van der Waals surface area contributed by atoms with Gasteiger partial charge in [-0.15, -0.1) is 0 Å². The van der Waals surface area contributed by atoms with Gasteiger partial charge in [0.25, 0.3) is 5.82 Å². The van der Waals surface area contributed by atoms with Crippen molar-refractivity contribution in [2.75, 3.05) is 0 Å². The highest BCUT2D eigenvalue weighted by molar-refractivity contribution is 5.21. The smallest absolute Gasteiger partial charge is 0.234 e. The van der Waals surface area contributed by atoms with Crippen LogP contribution in [0.1, 0.15) is 19.7 Å². The Hall–Kier alpha value is -1.57. The first-order valence-corrected chi connectivity index (χ1v) is 5.52. The highest BCUT2D eigenvalue weighted by Crippen LogP contribution is 2.03. The second-order valence-corrected chi connectivity index (χ2v) is 3.56. The fraction of sp³-hybridized carbons (Fsp3) is 0.308. The Labute approximate surface area is 90.8 Å². The number of rotatable bonds is 3. The van der Waals surface area contributed by atoms with E-state index in [2.05, 4.69) is 59.6 Å². The molecule has 2 heteroatoms. The van der Waals surface area contributed by atoms with Crippen molar-refractivity contribution in [3.63, 3.8) is 0 Å². The van der Waals surface area contributed by atoms with Crippen LogP contribution in [0.15, 0.2) is 42.7 Å². The molecule has 0 spiro atoms. The number of aromatic nitrogens is 2. The lowest BCUT2D eigenvalue weighted by Crippen LogP contribution is -2.34. The minimum atomic E-state index is 1.03. The topological polar surface area (TPSA) is 8.81 Å². The zero-order valence-electron chi connectivity index (χ0n) is 9.35. The number of nitrogens with zero attached hydrogens (tertiary/aromatic N) is 2. The van der Waals surface area contributed by atoms with Crippen LogP contribution in [0, 0.1) is 0 Å². The molecule has 0 aliphatic heterocycles. The van der Waals surface area contributed by atoms with E-state index in [9.17, 15) is 0 Å². The van der Waals surface area contributed by atoms with E-state index >= 15 is 0 Å². The van der Waals surface area contributed by atoms with Gasteiger partial charge in [-0.05, 0) is 19.1 Å². The van der Waals surface area contributed by atoms with Gasteiger partial charge in [-0.3, -0.25) is 0 Å². The lowest BCUT2D eigenvalue weighted by atomic mass is 10.3. The molecule has 0 N–H and O–H groups in total. The maximum atomic E-state index is 2.28. The molecule has 1 aromatic heterocycles. The lowest BCUT2D eigenvalue weighted by molar-refractivity contribution is -0.604. The normalized spacial score (nSPS) is 10.5. The van der Waals surface area contributed by atoms with Gasteiger partial charge >= 0.3 is 0 Å². The van der Waals surface area contributed by atoms with Crippen molar-refractivity contribution in [3.8, 4) is 5.69 Å². The molecule has 2 aromatic rings. The van der Waals surface area contributed by atoms with Crippen LogP contribution in [0.25, 0.3) is 5.69 Å². The summed E-state index contributed by atoms with van der Waals surface area (Å²) in [5.74, 6) is 1.35. The zero-order chi connectivity index (χ0) is 10.7. The molecule has 0 atom stereocenters. The second kappa shape index (κ2) is 4.30. The molecular weight excluding hydrogens is 184 g/mol. The summed E-state index contributed by atoms with van der Waals surface area (Å²) in [5.41, 5.74) is 1.24. The third kappa shape index (κ3) is 1.80. The Morgan fingerprint density at radius 2 is 1.87 bits per heavy atom. The van der Waals surface area contributed by atoms with E-state index in [1.54, 1.807) is 0 Å². The lowest BCUT2D eigenvalue weighted by Gasteiger charge is -2.00. The summed E-state index contributed by atoms with van der Waals surface area (Å²) in [5, 5.41) is 0. The SMILES string of the molecule is CCc1n(CC)cc[n+]1-c1ccccc1. The number of benzene rings is 1. The molecular formula is C13H17N2+. The number of aryl methyl sites for hydroxylation is 1.